The number of nitrogens with two attached hydrogens (primary N) is 1. The first kappa shape index (κ1) is 14.7. The SMILES string of the molecule is CCC(C)(N)CN1CCN(CC(F)(F)F)CC1. The fourth-order valence-corrected chi connectivity index (χ4v) is 1.98. The minimum Gasteiger partial charge on any atom is -0.324 e. The zero-order valence-corrected chi connectivity index (χ0v) is 10.6. The average molecular weight is 253 g/mol. The number of nitrogens with zero attached hydrogens (tertiary/aromatic N) is 2. The van der Waals surface area contributed by atoms with Crippen molar-refractivity contribution in [1.29, 1.82) is 0 Å². The van der Waals surface area contributed by atoms with Crippen molar-refractivity contribution in [3.8, 4) is 0 Å². The van der Waals surface area contributed by atoms with E-state index in [4.69, 9.17) is 5.73 Å². The van der Waals surface area contributed by atoms with Crippen LogP contribution in [0.3, 0.4) is 0 Å². The van der Waals surface area contributed by atoms with E-state index in [9.17, 15) is 13.2 Å². The van der Waals surface area contributed by atoms with Gasteiger partial charge < -0.3 is 5.73 Å². The van der Waals surface area contributed by atoms with Gasteiger partial charge in [-0.3, -0.25) is 9.80 Å². The van der Waals surface area contributed by atoms with Crippen LogP contribution in [0.2, 0.25) is 0 Å². The van der Waals surface area contributed by atoms with Gasteiger partial charge in [-0.15, -0.1) is 0 Å². The van der Waals surface area contributed by atoms with Gasteiger partial charge in [0.2, 0.25) is 0 Å². The van der Waals surface area contributed by atoms with Gasteiger partial charge in [0, 0.05) is 38.3 Å². The van der Waals surface area contributed by atoms with E-state index in [-0.39, 0.29) is 5.54 Å². The molecule has 1 fully saturated rings. The summed E-state index contributed by atoms with van der Waals surface area (Å²) in [5.41, 5.74) is 5.80. The second-order valence-electron chi connectivity index (χ2n) is 5.18. The van der Waals surface area contributed by atoms with Crippen molar-refractivity contribution in [2.24, 2.45) is 5.73 Å². The van der Waals surface area contributed by atoms with Crippen LogP contribution < -0.4 is 5.73 Å². The van der Waals surface area contributed by atoms with E-state index >= 15 is 0 Å². The lowest BCUT2D eigenvalue weighted by Gasteiger charge is -2.38. The molecule has 0 aromatic heterocycles. The van der Waals surface area contributed by atoms with Gasteiger partial charge in [0.05, 0.1) is 6.54 Å². The molecule has 0 spiro atoms. The Morgan fingerprint density at radius 3 is 1.76 bits per heavy atom. The summed E-state index contributed by atoms with van der Waals surface area (Å²) in [5.74, 6) is 0. The van der Waals surface area contributed by atoms with E-state index in [1.807, 2.05) is 13.8 Å². The lowest BCUT2D eigenvalue weighted by Crippen LogP contribution is -2.54. The van der Waals surface area contributed by atoms with Gasteiger partial charge >= 0.3 is 6.18 Å². The van der Waals surface area contributed by atoms with Crippen LogP contribution in [0.1, 0.15) is 20.3 Å². The van der Waals surface area contributed by atoms with E-state index < -0.39 is 12.7 Å². The van der Waals surface area contributed by atoms with Crippen LogP contribution in [-0.2, 0) is 0 Å². The summed E-state index contributed by atoms with van der Waals surface area (Å²) in [6.07, 6.45) is -3.22. The Morgan fingerprint density at radius 1 is 1.00 bits per heavy atom. The molecule has 3 nitrogen and oxygen atoms in total. The Morgan fingerprint density at radius 2 is 1.41 bits per heavy atom. The lowest BCUT2D eigenvalue weighted by atomic mass is 9.99. The van der Waals surface area contributed by atoms with E-state index in [0.29, 0.717) is 26.2 Å². The fraction of sp³-hybridized carbons (Fsp3) is 1.00. The molecule has 0 bridgehead atoms. The molecule has 0 amide bonds. The summed E-state index contributed by atoms with van der Waals surface area (Å²) in [7, 11) is 0. The molecular formula is C11H22F3N3. The van der Waals surface area contributed by atoms with Crippen LogP contribution in [0.25, 0.3) is 0 Å². The van der Waals surface area contributed by atoms with Crippen molar-refractivity contribution in [3.05, 3.63) is 0 Å². The molecule has 0 aliphatic carbocycles. The monoisotopic (exact) mass is 253 g/mol. The van der Waals surface area contributed by atoms with Crippen LogP contribution in [0.15, 0.2) is 0 Å². The molecule has 6 heteroatoms. The quantitative estimate of drug-likeness (QED) is 0.819. The highest BCUT2D eigenvalue weighted by Gasteiger charge is 2.32. The average Bonchev–Trinajstić information content (AvgIpc) is 2.19. The summed E-state index contributed by atoms with van der Waals surface area (Å²) >= 11 is 0. The Balaban J connectivity index is 2.31. The molecule has 102 valence electrons. The first-order valence-electron chi connectivity index (χ1n) is 6.02. The summed E-state index contributed by atoms with van der Waals surface area (Å²) < 4.78 is 36.6. The molecule has 0 radical (unpaired) electrons. The van der Waals surface area contributed by atoms with Crippen LogP contribution in [-0.4, -0.2) is 60.8 Å². The number of halogens is 3. The molecule has 0 aromatic carbocycles. The van der Waals surface area contributed by atoms with Gasteiger partial charge in [-0.2, -0.15) is 13.2 Å². The van der Waals surface area contributed by atoms with Crippen molar-refractivity contribution in [2.75, 3.05) is 39.3 Å². The molecule has 1 aliphatic rings. The summed E-state index contributed by atoms with van der Waals surface area (Å²) in [6.45, 7) is 6.25. The highest BCUT2D eigenvalue weighted by atomic mass is 19.4. The first-order chi connectivity index (χ1) is 7.72. The normalized spacial score (nSPS) is 23.6. The predicted octanol–water partition coefficient (Wildman–Crippen LogP) is 1.29. The standard InChI is InChI=1S/C11H22F3N3/c1-3-10(2,15)8-16-4-6-17(7-5-16)9-11(12,13)14/h3-9,15H2,1-2H3. The second-order valence-corrected chi connectivity index (χ2v) is 5.18. The third kappa shape index (κ3) is 5.70. The van der Waals surface area contributed by atoms with Crippen molar-refractivity contribution < 1.29 is 13.2 Å². The number of rotatable bonds is 4. The zero-order chi connectivity index (χ0) is 13.1. The van der Waals surface area contributed by atoms with Gasteiger partial charge in [0.25, 0.3) is 0 Å². The van der Waals surface area contributed by atoms with Crippen molar-refractivity contribution in [1.82, 2.24) is 9.80 Å². The maximum absolute atomic E-state index is 12.2. The minimum absolute atomic E-state index is 0.244. The molecule has 0 aromatic rings. The Labute approximate surface area is 101 Å². The largest absolute Gasteiger partial charge is 0.401 e. The van der Waals surface area contributed by atoms with Gasteiger partial charge in [-0.25, -0.2) is 0 Å². The Hall–Kier alpha value is -0.330. The van der Waals surface area contributed by atoms with E-state index in [1.54, 1.807) is 0 Å². The van der Waals surface area contributed by atoms with E-state index in [0.717, 1.165) is 13.0 Å². The fourth-order valence-electron chi connectivity index (χ4n) is 1.98. The van der Waals surface area contributed by atoms with Gasteiger partial charge in [-0.1, -0.05) is 6.92 Å². The van der Waals surface area contributed by atoms with Crippen molar-refractivity contribution in [3.63, 3.8) is 0 Å². The number of piperazine rings is 1. The molecule has 1 saturated heterocycles. The smallest absolute Gasteiger partial charge is 0.324 e. The molecule has 1 rings (SSSR count). The predicted molar refractivity (Wildman–Crippen MR) is 61.8 cm³/mol. The van der Waals surface area contributed by atoms with Crippen molar-refractivity contribution in [2.45, 2.75) is 32.0 Å². The van der Waals surface area contributed by atoms with E-state index in [1.165, 1.54) is 4.90 Å². The highest BCUT2D eigenvalue weighted by molar-refractivity contribution is 4.84. The zero-order valence-electron chi connectivity index (χ0n) is 10.6. The number of alkyl halides is 3. The summed E-state index contributed by atoms with van der Waals surface area (Å²) in [5, 5.41) is 0. The number of hydrogen-bond acceptors (Lipinski definition) is 3. The second kappa shape index (κ2) is 5.54. The number of hydrogen-bond donors (Lipinski definition) is 1. The van der Waals surface area contributed by atoms with Gasteiger partial charge in [0.1, 0.15) is 0 Å². The molecule has 1 atom stereocenters. The Kier molecular flexibility index (Phi) is 4.80. The third-order valence-corrected chi connectivity index (χ3v) is 3.26. The third-order valence-electron chi connectivity index (χ3n) is 3.26. The molecule has 1 unspecified atom stereocenters. The lowest BCUT2D eigenvalue weighted by molar-refractivity contribution is -0.149. The Bertz CT molecular complexity index is 233. The molecule has 0 saturated carbocycles. The summed E-state index contributed by atoms with van der Waals surface area (Å²) in [6, 6.07) is 0. The maximum atomic E-state index is 12.2. The highest BCUT2D eigenvalue weighted by Crippen LogP contribution is 2.18. The summed E-state index contributed by atoms with van der Waals surface area (Å²) in [4.78, 5) is 3.60. The van der Waals surface area contributed by atoms with Gasteiger partial charge in [0.15, 0.2) is 0 Å². The van der Waals surface area contributed by atoms with Crippen LogP contribution in [0.4, 0.5) is 13.2 Å². The first-order valence-corrected chi connectivity index (χ1v) is 6.02. The molecule has 2 N–H and O–H groups in total. The minimum atomic E-state index is -4.09. The molecular weight excluding hydrogens is 231 g/mol. The van der Waals surface area contributed by atoms with Crippen LogP contribution in [0.5, 0.6) is 0 Å². The van der Waals surface area contributed by atoms with Gasteiger partial charge in [-0.05, 0) is 13.3 Å². The topological polar surface area (TPSA) is 32.5 Å². The van der Waals surface area contributed by atoms with Crippen LogP contribution >= 0.6 is 0 Å². The molecule has 1 aliphatic heterocycles. The molecule has 1 heterocycles. The molecule has 17 heavy (non-hydrogen) atoms. The maximum Gasteiger partial charge on any atom is 0.401 e. The van der Waals surface area contributed by atoms with Crippen molar-refractivity contribution >= 4 is 0 Å². The van der Waals surface area contributed by atoms with E-state index in [2.05, 4.69) is 4.90 Å². The van der Waals surface area contributed by atoms with Crippen LogP contribution in [0, 0.1) is 0 Å².